The molecule has 1 N–H and O–H groups in total. The molecular formula is C16H25N5O2. The zero-order valence-electron chi connectivity index (χ0n) is 13.7. The minimum absolute atomic E-state index is 0.0388. The summed E-state index contributed by atoms with van der Waals surface area (Å²) in [6, 6.07) is 0. The van der Waals surface area contributed by atoms with Crippen LogP contribution in [0, 0.1) is 5.92 Å². The fourth-order valence-corrected chi connectivity index (χ4v) is 3.49. The highest BCUT2D eigenvalue weighted by Crippen LogP contribution is 2.18. The Kier molecular flexibility index (Phi) is 4.95. The summed E-state index contributed by atoms with van der Waals surface area (Å²) in [5.41, 5.74) is 0. The van der Waals surface area contributed by atoms with Gasteiger partial charge in [-0.3, -0.25) is 9.59 Å². The van der Waals surface area contributed by atoms with Gasteiger partial charge in [0, 0.05) is 44.9 Å². The van der Waals surface area contributed by atoms with Crippen molar-refractivity contribution >= 4 is 11.8 Å². The van der Waals surface area contributed by atoms with Crippen molar-refractivity contribution in [3.05, 3.63) is 18.2 Å². The van der Waals surface area contributed by atoms with Crippen molar-refractivity contribution < 1.29 is 9.59 Å². The topological polar surface area (TPSA) is 70.5 Å². The Morgan fingerprint density at radius 1 is 1.30 bits per heavy atom. The summed E-state index contributed by atoms with van der Waals surface area (Å²) < 4.78 is 2.16. The number of aromatic nitrogens is 2. The minimum Gasteiger partial charge on any atom is -0.347 e. The van der Waals surface area contributed by atoms with Gasteiger partial charge in [0.1, 0.15) is 5.82 Å². The predicted octanol–water partition coefficient (Wildman–Crippen LogP) is 0.0734. The summed E-state index contributed by atoms with van der Waals surface area (Å²) in [6.07, 6.45) is 6.33. The van der Waals surface area contributed by atoms with E-state index in [0.717, 1.165) is 38.5 Å². The number of nitrogens with one attached hydrogen (secondary N) is 1. The second-order valence-corrected chi connectivity index (χ2v) is 6.55. The number of hydrogen-bond acceptors (Lipinski definition) is 4. The number of hydrogen-bond donors (Lipinski definition) is 1. The van der Waals surface area contributed by atoms with Gasteiger partial charge in [0.05, 0.1) is 13.1 Å². The maximum absolute atomic E-state index is 12.4. The Morgan fingerprint density at radius 2 is 2.09 bits per heavy atom. The molecule has 0 unspecified atom stereocenters. The van der Waals surface area contributed by atoms with Crippen LogP contribution in [0.3, 0.4) is 0 Å². The van der Waals surface area contributed by atoms with Crippen molar-refractivity contribution in [1.82, 2.24) is 24.7 Å². The first-order valence-corrected chi connectivity index (χ1v) is 8.36. The second-order valence-electron chi connectivity index (χ2n) is 6.55. The third-order valence-corrected chi connectivity index (χ3v) is 4.62. The summed E-state index contributed by atoms with van der Waals surface area (Å²) in [7, 11) is 0. The zero-order valence-corrected chi connectivity index (χ0v) is 13.7. The lowest BCUT2D eigenvalue weighted by atomic mass is 10.1. The van der Waals surface area contributed by atoms with Crippen LogP contribution in [0.5, 0.6) is 0 Å². The van der Waals surface area contributed by atoms with Gasteiger partial charge < -0.3 is 19.7 Å². The van der Waals surface area contributed by atoms with Crippen LogP contribution in [0.1, 0.15) is 25.6 Å². The van der Waals surface area contributed by atoms with E-state index in [9.17, 15) is 9.59 Å². The normalized spacial score (nSPS) is 21.8. The molecule has 2 aliphatic heterocycles. The second kappa shape index (κ2) is 7.12. The number of carbonyl (C=O) groups is 2. The molecule has 126 valence electrons. The number of likely N-dealkylation sites (tertiary alicyclic amines) is 1. The maximum Gasteiger partial charge on any atom is 0.242 e. The van der Waals surface area contributed by atoms with Crippen LogP contribution < -0.4 is 5.32 Å². The third kappa shape index (κ3) is 4.10. The number of nitrogens with zero attached hydrogens (tertiary/aromatic N) is 4. The van der Waals surface area contributed by atoms with Gasteiger partial charge in [0.25, 0.3) is 0 Å². The molecular weight excluding hydrogens is 294 g/mol. The average molecular weight is 319 g/mol. The lowest BCUT2D eigenvalue weighted by molar-refractivity contribution is -0.133. The Hall–Kier alpha value is -1.89. The van der Waals surface area contributed by atoms with Crippen LogP contribution in [0.2, 0.25) is 0 Å². The van der Waals surface area contributed by atoms with Crippen LogP contribution in [0.15, 0.2) is 12.4 Å². The molecule has 7 nitrogen and oxygen atoms in total. The number of amides is 2. The molecule has 2 amide bonds. The number of carbonyl (C=O) groups excluding carboxylic acids is 2. The SMILES string of the molecule is CC(=O)NCC(=O)N1Cc2nccn2C[C@@H](CN2CCCC2)C1. The molecule has 0 aromatic carbocycles. The van der Waals surface area contributed by atoms with Crippen LogP contribution in [0.4, 0.5) is 0 Å². The number of rotatable bonds is 4. The molecule has 7 heteroatoms. The predicted molar refractivity (Wildman–Crippen MR) is 85.5 cm³/mol. The summed E-state index contributed by atoms with van der Waals surface area (Å²) >= 11 is 0. The maximum atomic E-state index is 12.4. The largest absolute Gasteiger partial charge is 0.347 e. The molecule has 1 fully saturated rings. The average Bonchev–Trinajstić information content (AvgIpc) is 3.13. The van der Waals surface area contributed by atoms with Crippen LogP contribution in [-0.4, -0.2) is 63.9 Å². The molecule has 1 aromatic heterocycles. The Labute approximate surface area is 136 Å². The lowest BCUT2D eigenvalue weighted by Gasteiger charge is -2.27. The van der Waals surface area contributed by atoms with E-state index in [-0.39, 0.29) is 18.4 Å². The molecule has 1 atom stereocenters. The number of imidazole rings is 1. The van der Waals surface area contributed by atoms with Crippen molar-refractivity contribution in [3.8, 4) is 0 Å². The van der Waals surface area contributed by atoms with Crippen molar-refractivity contribution in [2.24, 2.45) is 5.92 Å². The van der Waals surface area contributed by atoms with Gasteiger partial charge in [0.2, 0.25) is 11.8 Å². The molecule has 1 aromatic rings. The van der Waals surface area contributed by atoms with E-state index in [1.165, 1.54) is 19.8 Å². The summed E-state index contributed by atoms with van der Waals surface area (Å²) in [6.45, 7) is 6.96. The van der Waals surface area contributed by atoms with Gasteiger partial charge in [-0.25, -0.2) is 4.98 Å². The van der Waals surface area contributed by atoms with Crippen molar-refractivity contribution in [2.45, 2.75) is 32.9 Å². The molecule has 23 heavy (non-hydrogen) atoms. The van der Waals surface area contributed by atoms with Gasteiger partial charge in [-0.1, -0.05) is 0 Å². The first kappa shape index (κ1) is 16.0. The lowest BCUT2D eigenvalue weighted by Crippen LogP contribution is -2.42. The summed E-state index contributed by atoms with van der Waals surface area (Å²) in [5.74, 6) is 1.10. The molecule has 0 radical (unpaired) electrons. The van der Waals surface area contributed by atoms with Crippen LogP contribution in [0.25, 0.3) is 0 Å². The fraction of sp³-hybridized carbons (Fsp3) is 0.688. The van der Waals surface area contributed by atoms with Gasteiger partial charge >= 0.3 is 0 Å². The minimum atomic E-state index is -0.178. The van der Waals surface area contributed by atoms with Gasteiger partial charge in [-0.05, 0) is 25.9 Å². The highest BCUT2D eigenvalue weighted by Gasteiger charge is 2.27. The molecule has 0 bridgehead atoms. The number of fused-ring (bicyclic) bond motifs is 1. The Balaban J connectivity index is 1.69. The molecule has 3 heterocycles. The van der Waals surface area contributed by atoms with Gasteiger partial charge in [0.15, 0.2) is 0 Å². The zero-order chi connectivity index (χ0) is 16.2. The van der Waals surface area contributed by atoms with Gasteiger partial charge in [-0.2, -0.15) is 0 Å². The van der Waals surface area contributed by atoms with Crippen molar-refractivity contribution in [2.75, 3.05) is 32.7 Å². The monoisotopic (exact) mass is 319 g/mol. The first-order chi connectivity index (χ1) is 11.1. The summed E-state index contributed by atoms with van der Waals surface area (Å²) in [4.78, 5) is 32.2. The van der Waals surface area contributed by atoms with E-state index in [2.05, 4.69) is 19.8 Å². The Bertz CT molecular complexity index is 565. The van der Waals surface area contributed by atoms with Gasteiger partial charge in [-0.15, -0.1) is 0 Å². The highest BCUT2D eigenvalue weighted by atomic mass is 16.2. The van der Waals surface area contributed by atoms with E-state index in [1.54, 1.807) is 6.20 Å². The van der Waals surface area contributed by atoms with Crippen LogP contribution in [-0.2, 0) is 22.7 Å². The third-order valence-electron chi connectivity index (χ3n) is 4.62. The smallest absolute Gasteiger partial charge is 0.242 e. The molecule has 3 rings (SSSR count). The van der Waals surface area contributed by atoms with Crippen LogP contribution >= 0.6 is 0 Å². The first-order valence-electron chi connectivity index (χ1n) is 8.36. The van der Waals surface area contributed by atoms with Crippen molar-refractivity contribution in [3.63, 3.8) is 0 Å². The highest BCUT2D eigenvalue weighted by molar-refractivity contribution is 5.83. The molecule has 0 spiro atoms. The molecule has 0 aliphatic carbocycles. The summed E-state index contributed by atoms with van der Waals surface area (Å²) in [5, 5.41) is 2.60. The van der Waals surface area contributed by atoms with Crippen molar-refractivity contribution in [1.29, 1.82) is 0 Å². The molecule has 2 aliphatic rings. The van der Waals surface area contributed by atoms with E-state index in [0.29, 0.717) is 12.5 Å². The Morgan fingerprint density at radius 3 is 2.83 bits per heavy atom. The standard InChI is InChI=1S/C16H25N5O2/c1-13(22)18-8-16(23)21-11-14(9-19-5-2-3-6-19)10-20-7-4-17-15(20)12-21/h4,7,14H,2-3,5-6,8-12H2,1H3,(H,18,22)/t14-/m1/s1. The fourth-order valence-electron chi connectivity index (χ4n) is 3.49. The quantitative estimate of drug-likeness (QED) is 0.853. The van der Waals surface area contributed by atoms with E-state index >= 15 is 0 Å². The van der Waals surface area contributed by atoms with E-state index in [4.69, 9.17) is 0 Å². The van der Waals surface area contributed by atoms with E-state index < -0.39 is 0 Å². The molecule has 1 saturated heterocycles. The molecule has 0 saturated carbocycles. The van der Waals surface area contributed by atoms with E-state index in [1.807, 2.05) is 11.1 Å².